The largest absolute Gasteiger partial charge is 0.493 e. The van der Waals surface area contributed by atoms with Crippen LogP contribution in [0.25, 0.3) is 6.08 Å². The predicted octanol–water partition coefficient (Wildman–Crippen LogP) is 3.64. The zero-order chi connectivity index (χ0) is 19.8. The van der Waals surface area contributed by atoms with Gasteiger partial charge in [0.05, 0.1) is 25.2 Å². The molecule has 1 fully saturated rings. The third kappa shape index (κ3) is 5.71. The number of unbranched alkanes of at least 4 members (excludes halogenated alkanes) is 1. The van der Waals surface area contributed by atoms with Gasteiger partial charge in [-0.25, -0.2) is 0 Å². The predicted molar refractivity (Wildman–Crippen MR) is 110 cm³/mol. The Morgan fingerprint density at radius 1 is 1.30 bits per heavy atom. The van der Waals surface area contributed by atoms with E-state index in [1.165, 1.54) is 4.90 Å². The Kier molecular flexibility index (Phi) is 8.12. The highest BCUT2D eigenvalue weighted by Gasteiger charge is 2.33. The molecule has 0 N–H and O–H groups in total. The average Bonchev–Trinajstić information content (AvgIpc) is 2.90. The van der Waals surface area contributed by atoms with E-state index < -0.39 is 5.97 Å². The van der Waals surface area contributed by atoms with E-state index in [0.717, 1.165) is 30.2 Å². The number of carbonyl (C=O) groups excluding carboxylic acids is 2. The highest BCUT2D eigenvalue weighted by Crippen LogP contribution is 2.34. The first-order valence-electron chi connectivity index (χ1n) is 8.72. The van der Waals surface area contributed by atoms with E-state index >= 15 is 0 Å². The second kappa shape index (κ2) is 10.3. The van der Waals surface area contributed by atoms with Gasteiger partial charge in [-0.2, -0.15) is 0 Å². The van der Waals surface area contributed by atoms with Crippen LogP contribution in [0, 0.1) is 0 Å². The lowest BCUT2D eigenvalue weighted by Crippen LogP contribution is -2.34. The highest BCUT2D eigenvalue weighted by molar-refractivity contribution is 8.26. The number of hydrogen-bond acceptors (Lipinski definition) is 7. The Morgan fingerprint density at radius 2 is 2.07 bits per heavy atom. The van der Waals surface area contributed by atoms with E-state index in [1.807, 2.05) is 19.9 Å². The molecule has 0 unspecified atom stereocenters. The summed E-state index contributed by atoms with van der Waals surface area (Å²) in [6.07, 6.45) is 3.45. The summed E-state index contributed by atoms with van der Waals surface area (Å²) >= 11 is 6.41. The van der Waals surface area contributed by atoms with Gasteiger partial charge in [-0.15, -0.1) is 0 Å². The van der Waals surface area contributed by atoms with Crippen LogP contribution < -0.4 is 9.47 Å². The van der Waals surface area contributed by atoms with Gasteiger partial charge in [0.15, 0.2) is 11.5 Å². The molecule has 6 nitrogen and oxygen atoms in total. The lowest BCUT2D eigenvalue weighted by atomic mass is 10.2. The third-order valence-corrected chi connectivity index (χ3v) is 5.08. The summed E-state index contributed by atoms with van der Waals surface area (Å²) in [5.74, 6) is 0.467. The van der Waals surface area contributed by atoms with Crippen LogP contribution in [0.5, 0.6) is 11.5 Å². The summed E-state index contributed by atoms with van der Waals surface area (Å²) in [7, 11) is 1.56. The van der Waals surface area contributed by atoms with Crippen molar-refractivity contribution in [3.63, 3.8) is 0 Å². The molecular formula is C19H23NO5S2. The van der Waals surface area contributed by atoms with Gasteiger partial charge in [0.2, 0.25) is 0 Å². The van der Waals surface area contributed by atoms with Crippen LogP contribution in [0.2, 0.25) is 0 Å². The van der Waals surface area contributed by atoms with Crippen molar-refractivity contribution < 1.29 is 23.8 Å². The Labute approximate surface area is 168 Å². The molecular weight excluding hydrogens is 386 g/mol. The molecule has 1 aromatic carbocycles. The number of thioether (sulfide) groups is 1. The van der Waals surface area contributed by atoms with E-state index in [2.05, 4.69) is 0 Å². The van der Waals surface area contributed by atoms with E-state index in [4.69, 9.17) is 26.4 Å². The van der Waals surface area contributed by atoms with Crippen molar-refractivity contribution in [2.24, 2.45) is 0 Å². The van der Waals surface area contributed by atoms with E-state index in [1.54, 1.807) is 25.3 Å². The highest BCUT2D eigenvalue weighted by atomic mass is 32.2. The second-order valence-electron chi connectivity index (χ2n) is 5.69. The number of amides is 1. The maximum absolute atomic E-state index is 12.6. The molecule has 1 aromatic rings. The number of benzene rings is 1. The molecule has 2 rings (SSSR count). The van der Waals surface area contributed by atoms with Crippen LogP contribution in [0.1, 0.15) is 32.3 Å². The molecule has 0 aromatic heterocycles. The van der Waals surface area contributed by atoms with E-state index in [9.17, 15) is 9.59 Å². The lowest BCUT2D eigenvalue weighted by molar-refractivity contribution is -0.146. The first-order valence-corrected chi connectivity index (χ1v) is 9.94. The van der Waals surface area contributed by atoms with Crippen molar-refractivity contribution in [1.29, 1.82) is 0 Å². The zero-order valence-corrected chi connectivity index (χ0v) is 17.3. The normalized spacial score (nSPS) is 15.4. The SMILES string of the molecule is CCCCOC(=O)CN1C(=O)/C(=C/c2ccc(OCC)c(OC)c2)SC1=S. The van der Waals surface area contributed by atoms with Crippen LogP contribution >= 0.6 is 24.0 Å². The van der Waals surface area contributed by atoms with Crippen molar-refractivity contribution >= 4 is 46.3 Å². The minimum Gasteiger partial charge on any atom is -0.493 e. The van der Waals surface area contributed by atoms with Gasteiger partial charge in [0.25, 0.3) is 5.91 Å². The van der Waals surface area contributed by atoms with Gasteiger partial charge in [0.1, 0.15) is 10.9 Å². The molecule has 1 amide bonds. The molecule has 0 atom stereocenters. The average molecular weight is 410 g/mol. The fourth-order valence-electron chi connectivity index (χ4n) is 2.34. The zero-order valence-electron chi connectivity index (χ0n) is 15.6. The smallest absolute Gasteiger partial charge is 0.326 e. The van der Waals surface area contributed by atoms with Crippen LogP contribution in [0.15, 0.2) is 23.1 Å². The van der Waals surface area contributed by atoms with Crippen LogP contribution in [0.4, 0.5) is 0 Å². The number of ether oxygens (including phenoxy) is 3. The number of esters is 1. The summed E-state index contributed by atoms with van der Waals surface area (Å²) in [5.41, 5.74) is 0.779. The van der Waals surface area contributed by atoms with Crippen LogP contribution in [0.3, 0.4) is 0 Å². The van der Waals surface area contributed by atoms with E-state index in [-0.39, 0.29) is 12.5 Å². The van der Waals surface area contributed by atoms with Gasteiger partial charge in [-0.05, 0) is 37.1 Å². The van der Waals surface area contributed by atoms with Gasteiger partial charge in [-0.1, -0.05) is 43.4 Å². The Hall–Kier alpha value is -2.06. The van der Waals surface area contributed by atoms with Crippen molar-refractivity contribution in [2.45, 2.75) is 26.7 Å². The van der Waals surface area contributed by atoms with Crippen molar-refractivity contribution in [1.82, 2.24) is 4.90 Å². The summed E-state index contributed by atoms with van der Waals surface area (Å²) < 4.78 is 16.3. The van der Waals surface area contributed by atoms with Gasteiger partial charge < -0.3 is 14.2 Å². The molecule has 146 valence electrons. The fourth-order valence-corrected chi connectivity index (χ4v) is 3.60. The fraction of sp³-hybridized carbons (Fsp3) is 0.421. The maximum atomic E-state index is 12.6. The van der Waals surface area contributed by atoms with Crippen LogP contribution in [-0.2, 0) is 14.3 Å². The summed E-state index contributed by atoms with van der Waals surface area (Å²) in [6, 6.07) is 5.41. The van der Waals surface area contributed by atoms with Crippen molar-refractivity contribution in [3.05, 3.63) is 28.7 Å². The maximum Gasteiger partial charge on any atom is 0.326 e. The van der Waals surface area contributed by atoms with Crippen molar-refractivity contribution in [2.75, 3.05) is 26.9 Å². The number of methoxy groups -OCH3 is 1. The molecule has 0 spiro atoms. The molecule has 1 saturated heterocycles. The monoisotopic (exact) mass is 409 g/mol. The Morgan fingerprint density at radius 3 is 2.74 bits per heavy atom. The standard InChI is InChI=1S/C19H23NO5S2/c1-4-6-9-25-17(21)12-20-18(22)16(27-19(20)26)11-13-7-8-14(24-5-2)15(10-13)23-3/h7-8,10-11H,4-6,9,12H2,1-3H3/b16-11-. The van der Waals surface area contributed by atoms with E-state index in [0.29, 0.717) is 33.9 Å². The quantitative estimate of drug-likeness (QED) is 0.267. The first kappa shape index (κ1) is 21.2. The first-order chi connectivity index (χ1) is 13.0. The number of rotatable bonds is 9. The van der Waals surface area contributed by atoms with Gasteiger partial charge >= 0.3 is 5.97 Å². The molecule has 8 heteroatoms. The molecule has 27 heavy (non-hydrogen) atoms. The number of hydrogen-bond donors (Lipinski definition) is 0. The summed E-state index contributed by atoms with van der Waals surface area (Å²) in [4.78, 5) is 26.2. The lowest BCUT2D eigenvalue weighted by Gasteiger charge is -2.13. The molecule has 0 saturated carbocycles. The molecule has 0 aliphatic carbocycles. The molecule has 1 aliphatic rings. The van der Waals surface area contributed by atoms with Gasteiger partial charge in [0, 0.05) is 0 Å². The molecule has 0 radical (unpaired) electrons. The molecule has 1 aliphatic heterocycles. The third-order valence-electron chi connectivity index (χ3n) is 3.71. The topological polar surface area (TPSA) is 65.1 Å². The number of nitrogens with zero attached hydrogens (tertiary/aromatic N) is 1. The summed E-state index contributed by atoms with van der Waals surface area (Å²) in [5, 5.41) is 0. The Balaban J connectivity index is 2.10. The molecule has 0 bridgehead atoms. The minimum atomic E-state index is -0.455. The molecule has 1 heterocycles. The van der Waals surface area contributed by atoms with Crippen molar-refractivity contribution in [3.8, 4) is 11.5 Å². The van der Waals surface area contributed by atoms with Gasteiger partial charge in [-0.3, -0.25) is 14.5 Å². The number of thiocarbonyl (C=S) groups is 1. The summed E-state index contributed by atoms with van der Waals surface area (Å²) in [6.45, 7) is 4.62. The second-order valence-corrected chi connectivity index (χ2v) is 7.36. The van der Waals surface area contributed by atoms with Crippen LogP contribution in [-0.4, -0.2) is 48.0 Å². The Bertz CT molecular complexity index is 748. The minimum absolute atomic E-state index is 0.168. The number of carbonyl (C=O) groups is 2.